The average molecular weight is 274 g/mol. The molecule has 2 rings (SSSR count). The SMILES string of the molecule is CCn1cc(Oc2ccncc2CNCC(C)C)cn1. The van der Waals surface area contributed by atoms with Crippen LogP contribution in [0.25, 0.3) is 0 Å². The summed E-state index contributed by atoms with van der Waals surface area (Å²) in [5.74, 6) is 2.20. The third-order valence-corrected chi connectivity index (χ3v) is 2.89. The van der Waals surface area contributed by atoms with Crippen molar-refractivity contribution in [3.8, 4) is 11.5 Å². The molecule has 5 heteroatoms. The molecule has 0 saturated heterocycles. The van der Waals surface area contributed by atoms with Gasteiger partial charge in [-0.2, -0.15) is 5.10 Å². The number of aryl methyl sites for hydroxylation is 1. The molecule has 0 bridgehead atoms. The Bertz CT molecular complexity index is 536. The van der Waals surface area contributed by atoms with Gasteiger partial charge < -0.3 is 10.1 Å². The van der Waals surface area contributed by atoms with Crippen LogP contribution in [0.1, 0.15) is 26.3 Å². The van der Waals surface area contributed by atoms with E-state index >= 15 is 0 Å². The number of rotatable bonds is 7. The Morgan fingerprint density at radius 2 is 2.20 bits per heavy atom. The maximum atomic E-state index is 5.89. The average Bonchev–Trinajstić information content (AvgIpc) is 2.88. The van der Waals surface area contributed by atoms with Gasteiger partial charge in [0.15, 0.2) is 5.75 Å². The van der Waals surface area contributed by atoms with E-state index in [2.05, 4.69) is 29.2 Å². The molecule has 0 fully saturated rings. The summed E-state index contributed by atoms with van der Waals surface area (Å²) in [7, 11) is 0. The Kier molecular flexibility index (Phi) is 5.12. The molecule has 108 valence electrons. The van der Waals surface area contributed by atoms with Crippen LogP contribution in [0.3, 0.4) is 0 Å². The Labute approximate surface area is 120 Å². The van der Waals surface area contributed by atoms with E-state index in [9.17, 15) is 0 Å². The van der Waals surface area contributed by atoms with Gasteiger partial charge in [-0.3, -0.25) is 9.67 Å². The molecular weight excluding hydrogens is 252 g/mol. The minimum Gasteiger partial charge on any atom is -0.454 e. The van der Waals surface area contributed by atoms with Gasteiger partial charge in [0.05, 0.1) is 12.4 Å². The topological polar surface area (TPSA) is 52.0 Å². The summed E-state index contributed by atoms with van der Waals surface area (Å²) in [6, 6.07) is 1.88. The standard InChI is InChI=1S/C15H22N4O/c1-4-19-11-14(10-18-19)20-15-5-6-16-8-13(15)9-17-7-12(2)3/h5-6,8,10-12,17H,4,7,9H2,1-3H3. The smallest absolute Gasteiger partial charge is 0.165 e. The van der Waals surface area contributed by atoms with Crippen LogP contribution in [0.4, 0.5) is 0 Å². The maximum Gasteiger partial charge on any atom is 0.165 e. The van der Waals surface area contributed by atoms with Crippen molar-refractivity contribution in [3.05, 3.63) is 36.4 Å². The molecule has 2 aromatic rings. The molecular formula is C15H22N4O. The molecule has 2 aromatic heterocycles. The molecule has 0 atom stereocenters. The zero-order valence-electron chi connectivity index (χ0n) is 12.3. The van der Waals surface area contributed by atoms with E-state index in [-0.39, 0.29) is 0 Å². The van der Waals surface area contributed by atoms with Crippen LogP contribution < -0.4 is 10.1 Å². The number of nitrogens with zero attached hydrogens (tertiary/aromatic N) is 3. The van der Waals surface area contributed by atoms with Crippen molar-refractivity contribution < 1.29 is 4.74 Å². The molecule has 0 aliphatic heterocycles. The molecule has 2 heterocycles. The van der Waals surface area contributed by atoms with Crippen LogP contribution in [0.15, 0.2) is 30.9 Å². The molecule has 5 nitrogen and oxygen atoms in total. The van der Waals surface area contributed by atoms with Crippen molar-refractivity contribution in [2.45, 2.75) is 33.9 Å². The first-order valence-electron chi connectivity index (χ1n) is 7.03. The van der Waals surface area contributed by atoms with Crippen LogP contribution in [-0.4, -0.2) is 21.3 Å². The van der Waals surface area contributed by atoms with Gasteiger partial charge in [-0.15, -0.1) is 0 Å². The Hall–Kier alpha value is -1.88. The maximum absolute atomic E-state index is 5.89. The highest BCUT2D eigenvalue weighted by atomic mass is 16.5. The van der Waals surface area contributed by atoms with Gasteiger partial charge in [-0.25, -0.2) is 0 Å². The summed E-state index contributed by atoms with van der Waals surface area (Å²) in [5.41, 5.74) is 1.05. The van der Waals surface area contributed by atoms with Gasteiger partial charge in [-0.1, -0.05) is 13.8 Å². The molecule has 0 radical (unpaired) electrons. The van der Waals surface area contributed by atoms with E-state index in [1.807, 2.05) is 30.1 Å². The summed E-state index contributed by atoms with van der Waals surface area (Å²) in [4.78, 5) is 4.17. The largest absolute Gasteiger partial charge is 0.454 e. The molecule has 0 aliphatic carbocycles. The van der Waals surface area contributed by atoms with Crippen LogP contribution in [0.5, 0.6) is 11.5 Å². The lowest BCUT2D eigenvalue weighted by atomic mass is 10.2. The Morgan fingerprint density at radius 3 is 2.90 bits per heavy atom. The van der Waals surface area contributed by atoms with Crippen molar-refractivity contribution in [3.63, 3.8) is 0 Å². The van der Waals surface area contributed by atoms with Crippen molar-refractivity contribution >= 4 is 0 Å². The Balaban J connectivity index is 2.03. The fourth-order valence-corrected chi connectivity index (χ4v) is 1.84. The molecule has 0 amide bonds. The highest BCUT2D eigenvalue weighted by Crippen LogP contribution is 2.24. The van der Waals surface area contributed by atoms with Gasteiger partial charge in [-0.05, 0) is 25.5 Å². The lowest BCUT2D eigenvalue weighted by molar-refractivity contribution is 0.467. The Morgan fingerprint density at radius 1 is 1.35 bits per heavy atom. The van der Waals surface area contributed by atoms with Gasteiger partial charge in [0.1, 0.15) is 5.75 Å². The molecule has 0 aliphatic rings. The first kappa shape index (κ1) is 14.5. The van der Waals surface area contributed by atoms with Crippen molar-refractivity contribution in [1.29, 1.82) is 0 Å². The lowest BCUT2D eigenvalue weighted by Gasteiger charge is -2.11. The zero-order valence-corrected chi connectivity index (χ0v) is 12.3. The van der Waals surface area contributed by atoms with Crippen LogP contribution >= 0.6 is 0 Å². The van der Waals surface area contributed by atoms with E-state index < -0.39 is 0 Å². The molecule has 0 saturated carbocycles. The minimum atomic E-state index is 0.624. The molecule has 0 aromatic carbocycles. The highest BCUT2D eigenvalue weighted by molar-refractivity contribution is 5.34. The first-order chi connectivity index (χ1) is 9.69. The summed E-state index contributed by atoms with van der Waals surface area (Å²) >= 11 is 0. The number of ether oxygens (including phenoxy) is 1. The van der Waals surface area contributed by atoms with Gasteiger partial charge >= 0.3 is 0 Å². The van der Waals surface area contributed by atoms with E-state index in [0.29, 0.717) is 5.92 Å². The minimum absolute atomic E-state index is 0.624. The second-order valence-corrected chi connectivity index (χ2v) is 5.14. The number of pyridine rings is 1. The number of hydrogen-bond acceptors (Lipinski definition) is 4. The van der Waals surface area contributed by atoms with Crippen LogP contribution in [0.2, 0.25) is 0 Å². The highest BCUT2D eigenvalue weighted by Gasteiger charge is 2.06. The van der Waals surface area contributed by atoms with Gasteiger partial charge in [0, 0.05) is 31.0 Å². The van der Waals surface area contributed by atoms with E-state index in [1.54, 1.807) is 12.4 Å². The zero-order chi connectivity index (χ0) is 14.4. The second-order valence-electron chi connectivity index (χ2n) is 5.14. The lowest BCUT2D eigenvalue weighted by Crippen LogP contribution is -2.19. The summed E-state index contributed by atoms with van der Waals surface area (Å²) in [6.07, 6.45) is 7.21. The van der Waals surface area contributed by atoms with Gasteiger partial charge in [0.2, 0.25) is 0 Å². The van der Waals surface area contributed by atoms with Crippen molar-refractivity contribution in [2.75, 3.05) is 6.54 Å². The quantitative estimate of drug-likeness (QED) is 0.843. The molecule has 20 heavy (non-hydrogen) atoms. The predicted octanol–water partition coefficient (Wildman–Crippen LogP) is 2.84. The first-order valence-corrected chi connectivity index (χ1v) is 7.03. The summed E-state index contributed by atoms with van der Waals surface area (Å²) in [6.45, 7) is 8.98. The van der Waals surface area contributed by atoms with Gasteiger partial charge in [0.25, 0.3) is 0 Å². The van der Waals surface area contributed by atoms with Crippen molar-refractivity contribution in [1.82, 2.24) is 20.1 Å². The fourth-order valence-electron chi connectivity index (χ4n) is 1.84. The van der Waals surface area contributed by atoms with Crippen LogP contribution in [0, 0.1) is 5.92 Å². The fraction of sp³-hybridized carbons (Fsp3) is 0.467. The van der Waals surface area contributed by atoms with Crippen molar-refractivity contribution in [2.24, 2.45) is 5.92 Å². The molecule has 1 N–H and O–H groups in total. The molecule has 0 spiro atoms. The number of aromatic nitrogens is 3. The summed E-state index contributed by atoms with van der Waals surface area (Å²) < 4.78 is 7.73. The third kappa shape index (κ3) is 4.06. The number of nitrogens with one attached hydrogen (secondary N) is 1. The summed E-state index contributed by atoms with van der Waals surface area (Å²) in [5, 5.41) is 7.61. The monoisotopic (exact) mass is 274 g/mol. The van der Waals surface area contributed by atoms with Crippen LogP contribution in [-0.2, 0) is 13.1 Å². The third-order valence-electron chi connectivity index (χ3n) is 2.89. The van der Waals surface area contributed by atoms with E-state index in [0.717, 1.165) is 36.7 Å². The predicted molar refractivity (Wildman–Crippen MR) is 78.8 cm³/mol. The van der Waals surface area contributed by atoms with E-state index in [1.165, 1.54) is 0 Å². The van der Waals surface area contributed by atoms with E-state index in [4.69, 9.17) is 4.74 Å². The number of hydrogen-bond donors (Lipinski definition) is 1. The second kappa shape index (κ2) is 7.05. The molecule has 0 unspecified atom stereocenters. The normalized spacial score (nSPS) is 11.0.